The summed E-state index contributed by atoms with van der Waals surface area (Å²) in [6, 6.07) is 1.42. The smallest absolute Gasteiger partial charge is 0.400 e. The topological polar surface area (TPSA) is 154 Å². The molecular formula is C13H16N2O9. The molecule has 3 N–H and O–H groups in total. The molecule has 0 radical (unpaired) electrons. The van der Waals surface area contributed by atoms with Crippen LogP contribution >= 0.6 is 0 Å². The summed E-state index contributed by atoms with van der Waals surface area (Å²) in [6.07, 6.45) is -5.45. The molecule has 1 amide bonds. The number of nitro groups is 1. The van der Waals surface area contributed by atoms with Crippen molar-refractivity contribution in [3.8, 4) is 0 Å². The number of aliphatic hydroxyl groups is 2. The predicted octanol–water partition coefficient (Wildman–Crippen LogP) is -0.815. The second-order valence-electron chi connectivity index (χ2n) is 5.48. The van der Waals surface area contributed by atoms with Gasteiger partial charge in [-0.1, -0.05) is 0 Å². The zero-order chi connectivity index (χ0) is 17.4. The number of aliphatic hydroxyl groups excluding tert-OH is 2. The number of amides is 1. The minimum absolute atomic E-state index is 0.0370. The molecule has 24 heavy (non-hydrogen) atoms. The second-order valence-corrected chi connectivity index (χ2v) is 5.48. The highest BCUT2D eigenvalue weighted by atomic mass is 16.7. The van der Waals surface area contributed by atoms with Gasteiger partial charge in [-0.15, -0.1) is 0 Å². The minimum atomic E-state index is -1.42. The lowest BCUT2D eigenvalue weighted by molar-refractivity contribution is -0.403. The standard InChI is InChI=1S/C13H16N2O9/c1-5(16)14-9-10(17)11-7(23-12(9)18)4-21-13(24-11)6-2-3-8(22-6)15(19)20/h2-3,7,9-13,17-18H,4H2,1H3,(H,14,16)/t7-,9-,10-,11-,12?,13?/m1/s1. The number of hydrogen-bond acceptors (Lipinski definition) is 9. The molecule has 2 fully saturated rings. The lowest BCUT2D eigenvalue weighted by Crippen LogP contribution is -2.66. The van der Waals surface area contributed by atoms with Crippen LogP contribution in [0.25, 0.3) is 0 Å². The van der Waals surface area contributed by atoms with Crippen molar-refractivity contribution in [3.05, 3.63) is 28.0 Å². The van der Waals surface area contributed by atoms with Gasteiger partial charge in [0, 0.05) is 6.92 Å². The Morgan fingerprint density at radius 3 is 2.75 bits per heavy atom. The van der Waals surface area contributed by atoms with Gasteiger partial charge in [0.2, 0.25) is 12.2 Å². The minimum Gasteiger partial charge on any atom is -0.400 e. The fraction of sp³-hybridized carbons (Fsp3) is 0.615. The van der Waals surface area contributed by atoms with Crippen molar-refractivity contribution in [3.63, 3.8) is 0 Å². The highest BCUT2D eigenvalue weighted by molar-refractivity contribution is 5.73. The van der Waals surface area contributed by atoms with E-state index in [2.05, 4.69) is 5.32 Å². The van der Waals surface area contributed by atoms with Crippen molar-refractivity contribution in [2.24, 2.45) is 0 Å². The molecule has 2 aliphatic heterocycles. The SMILES string of the molecule is CC(=O)N[C@H]1C(O)O[C@@H]2COC(c3ccc([N+](=O)[O-])o3)O[C@H]2[C@@H]1O. The summed E-state index contributed by atoms with van der Waals surface area (Å²) in [4.78, 5) is 21.1. The van der Waals surface area contributed by atoms with Gasteiger partial charge in [-0.05, 0) is 6.07 Å². The van der Waals surface area contributed by atoms with Crippen LogP contribution < -0.4 is 5.32 Å². The van der Waals surface area contributed by atoms with Crippen LogP contribution in [-0.4, -0.2) is 58.3 Å². The highest BCUT2D eigenvalue weighted by Gasteiger charge is 2.49. The Labute approximate surface area is 135 Å². The molecule has 0 saturated carbocycles. The number of hydrogen-bond donors (Lipinski definition) is 3. The molecule has 132 valence electrons. The lowest BCUT2D eigenvalue weighted by atomic mass is 9.96. The molecule has 2 saturated heterocycles. The Balaban J connectivity index is 1.74. The molecule has 0 bridgehead atoms. The van der Waals surface area contributed by atoms with Gasteiger partial charge in [0.05, 0.1) is 12.7 Å². The summed E-state index contributed by atoms with van der Waals surface area (Å²) in [5, 5.41) is 33.3. The summed E-state index contributed by atoms with van der Waals surface area (Å²) in [6.45, 7) is 1.20. The molecule has 0 spiro atoms. The summed E-state index contributed by atoms with van der Waals surface area (Å²) < 4.78 is 21.2. The zero-order valence-electron chi connectivity index (χ0n) is 12.5. The zero-order valence-corrected chi connectivity index (χ0v) is 12.5. The average molecular weight is 344 g/mol. The van der Waals surface area contributed by atoms with Crippen LogP contribution in [0.4, 0.5) is 5.88 Å². The number of fused-ring (bicyclic) bond motifs is 1. The summed E-state index contributed by atoms with van der Waals surface area (Å²) >= 11 is 0. The van der Waals surface area contributed by atoms with E-state index in [0.29, 0.717) is 0 Å². The van der Waals surface area contributed by atoms with Gasteiger partial charge in [0.1, 0.15) is 29.3 Å². The Hall–Kier alpha value is -2.05. The molecular weight excluding hydrogens is 328 g/mol. The highest BCUT2D eigenvalue weighted by Crippen LogP contribution is 2.35. The molecule has 1 aromatic rings. The van der Waals surface area contributed by atoms with Gasteiger partial charge in [-0.25, -0.2) is 0 Å². The number of ether oxygens (including phenoxy) is 3. The van der Waals surface area contributed by atoms with E-state index >= 15 is 0 Å². The lowest BCUT2D eigenvalue weighted by Gasteiger charge is -2.46. The van der Waals surface area contributed by atoms with Crippen LogP contribution in [0.2, 0.25) is 0 Å². The largest absolute Gasteiger partial charge is 0.433 e. The summed E-state index contributed by atoms with van der Waals surface area (Å²) in [7, 11) is 0. The van der Waals surface area contributed by atoms with Crippen molar-refractivity contribution in [2.45, 2.75) is 43.9 Å². The predicted molar refractivity (Wildman–Crippen MR) is 73.4 cm³/mol. The van der Waals surface area contributed by atoms with Gasteiger partial charge >= 0.3 is 5.88 Å². The van der Waals surface area contributed by atoms with Crippen LogP contribution in [0.15, 0.2) is 16.5 Å². The fourth-order valence-corrected chi connectivity index (χ4v) is 2.71. The summed E-state index contributed by atoms with van der Waals surface area (Å²) in [5.41, 5.74) is 0. The van der Waals surface area contributed by atoms with Crippen LogP contribution in [-0.2, 0) is 19.0 Å². The maximum absolute atomic E-state index is 11.2. The van der Waals surface area contributed by atoms with E-state index in [0.717, 1.165) is 6.07 Å². The van der Waals surface area contributed by atoms with E-state index in [1.807, 2.05) is 0 Å². The number of rotatable bonds is 3. The van der Waals surface area contributed by atoms with Crippen molar-refractivity contribution < 1.29 is 38.6 Å². The molecule has 0 aliphatic carbocycles. The first kappa shape index (κ1) is 16.8. The molecule has 0 aromatic carbocycles. The quantitative estimate of drug-likeness (QED) is 0.471. The molecule has 2 aliphatic rings. The van der Waals surface area contributed by atoms with E-state index in [1.165, 1.54) is 13.0 Å². The first-order valence-electron chi connectivity index (χ1n) is 7.16. The number of nitrogens with one attached hydrogen (secondary N) is 1. The van der Waals surface area contributed by atoms with E-state index < -0.39 is 53.6 Å². The molecule has 3 heterocycles. The molecule has 1 aromatic heterocycles. The van der Waals surface area contributed by atoms with Crippen molar-refractivity contribution in [2.75, 3.05) is 6.61 Å². The second kappa shape index (κ2) is 6.45. The van der Waals surface area contributed by atoms with E-state index in [1.54, 1.807) is 0 Å². The Bertz CT molecular complexity index is 633. The Morgan fingerprint density at radius 1 is 1.38 bits per heavy atom. The number of nitrogens with zero attached hydrogens (tertiary/aromatic N) is 1. The van der Waals surface area contributed by atoms with Crippen LogP contribution in [0.1, 0.15) is 19.0 Å². The third-order valence-electron chi connectivity index (χ3n) is 3.78. The first-order chi connectivity index (χ1) is 11.4. The van der Waals surface area contributed by atoms with Gasteiger partial charge in [-0.2, -0.15) is 0 Å². The summed E-state index contributed by atoms with van der Waals surface area (Å²) in [5.74, 6) is -0.855. The first-order valence-corrected chi connectivity index (χ1v) is 7.16. The maximum Gasteiger partial charge on any atom is 0.433 e. The Morgan fingerprint density at radius 2 is 2.12 bits per heavy atom. The third-order valence-corrected chi connectivity index (χ3v) is 3.78. The van der Waals surface area contributed by atoms with Crippen molar-refractivity contribution in [1.82, 2.24) is 5.32 Å². The molecule has 2 unspecified atom stereocenters. The fourth-order valence-electron chi connectivity index (χ4n) is 2.71. The Kier molecular flexibility index (Phi) is 4.51. The van der Waals surface area contributed by atoms with E-state index in [9.17, 15) is 25.1 Å². The van der Waals surface area contributed by atoms with Crippen molar-refractivity contribution >= 4 is 11.8 Å². The maximum atomic E-state index is 11.2. The van der Waals surface area contributed by atoms with Crippen LogP contribution in [0.3, 0.4) is 0 Å². The molecule has 11 heteroatoms. The molecule has 11 nitrogen and oxygen atoms in total. The van der Waals surface area contributed by atoms with Crippen LogP contribution in [0, 0.1) is 10.1 Å². The molecule has 3 rings (SSSR count). The third kappa shape index (κ3) is 3.12. The van der Waals surface area contributed by atoms with Crippen molar-refractivity contribution in [1.29, 1.82) is 0 Å². The monoisotopic (exact) mass is 344 g/mol. The van der Waals surface area contributed by atoms with Gasteiger partial charge in [-0.3, -0.25) is 14.9 Å². The number of carbonyl (C=O) groups excluding carboxylic acids is 1. The van der Waals surface area contributed by atoms with Gasteiger partial charge in [0.25, 0.3) is 0 Å². The van der Waals surface area contributed by atoms with E-state index in [4.69, 9.17) is 18.6 Å². The van der Waals surface area contributed by atoms with Gasteiger partial charge < -0.3 is 34.2 Å². The molecule has 6 atom stereocenters. The van der Waals surface area contributed by atoms with Gasteiger partial charge in [0.15, 0.2) is 12.1 Å². The number of furan rings is 1. The van der Waals surface area contributed by atoms with E-state index in [-0.39, 0.29) is 12.4 Å². The number of carbonyl (C=O) groups is 1. The average Bonchev–Trinajstić information content (AvgIpc) is 3.01. The van der Waals surface area contributed by atoms with Crippen LogP contribution in [0.5, 0.6) is 0 Å². The normalized spacial score (nSPS) is 36.0.